The first-order chi connectivity index (χ1) is 8.15. The van der Waals surface area contributed by atoms with Gasteiger partial charge >= 0.3 is 5.97 Å². The average Bonchev–Trinajstić information content (AvgIpc) is 2.69. The minimum atomic E-state index is -0.137. The van der Waals surface area contributed by atoms with Gasteiger partial charge in [-0.1, -0.05) is 18.0 Å². The van der Waals surface area contributed by atoms with Gasteiger partial charge in [-0.3, -0.25) is 4.79 Å². The SMILES string of the molecule is COC(=O)C1CCCCC1c1noc(C)c1Br. The van der Waals surface area contributed by atoms with Crippen LogP contribution in [0.15, 0.2) is 9.00 Å². The summed E-state index contributed by atoms with van der Waals surface area (Å²) in [5, 5.41) is 4.08. The Labute approximate surface area is 109 Å². The average molecular weight is 302 g/mol. The molecule has 2 unspecified atom stereocenters. The van der Waals surface area contributed by atoms with E-state index in [9.17, 15) is 4.79 Å². The smallest absolute Gasteiger partial charge is 0.309 e. The number of aryl methyl sites for hydroxylation is 1. The third-order valence-electron chi connectivity index (χ3n) is 3.44. The minimum Gasteiger partial charge on any atom is -0.469 e. The monoisotopic (exact) mass is 301 g/mol. The molecule has 1 saturated carbocycles. The number of esters is 1. The van der Waals surface area contributed by atoms with Crippen LogP contribution in [-0.4, -0.2) is 18.2 Å². The summed E-state index contributed by atoms with van der Waals surface area (Å²) in [6.07, 6.45) is 4.03. The van der Waals surface area contributed by atoms with Gasteiger partial charge in [0.05, 0.1) is 17.5 Å². The highest BCUT2D eigenvalue weighted by atomic mass is 79.9. The topological polar surface area (TPSA) is 52.3 Å². The van der Waals surface area contributed by atoms with Crippen LogP contribution in [0.1, 0.15) is 43.1 Å². The molecule has 4 nitrogen and oxygen atoms in total. The molecule has 1 fully saturated rings. The van der Waals surface area contributed by atoms with Crippen LogP contribution in [0.25, 0.3) is 0 Å². The molecule has 1 aromatic heterocycles. The standard InChI is InChI=1S/C12H16BrNO3/c1-7-10(13)11(14-17-7)8-5-3-4-6-9(8)12(15)16-2/h8-9H,3-6H2,1-2H3. The Morgan fingerprint density at radius 1 is 1.47 bits per heavy atom. The number of hydrogen-bond donors (Lipinski definition) is 0. The van der Waals surface area contributed by atoms with Crippen LogP contribution >= 0.6 is 15.9 Å². The van der Waals surface area contributed by atoms with Gasteiger partial charge in [0.1, 0.15) is 11.5 Å². The third-order valence-corrected chi connectivity index (χ3v) is 4.40. The van der Waals surface area contributed by atoms with Crippen LogP contribution in [-0.2, 0) is 9.53 Å². The van der Waals surface area contributed by atoms with Crippen LogP contribution in [0.3, 0.4) is 0 Å². The van der Waals surface area contributed by atoms with E-state index in [2.05, 4.69) is 21.1 Å². The summed E-state index contributed by atoms with van der Waals surface area (Å²) in [5.41, 5.74) is 0.859. The Morgan fingerprint density at radius 3 is 2.76 bits per heavy atom. The molecule has 2 rings (SSSR count). The number of hydrogen-bond acceptors (Lipinski definition) is 4. The zero-order valence-corrected chi connectivity index (χ0v) is 11.6. The number of methoxy groups -OCH3 is 1. The van der Waals surface area contributed by atoms with Gasteiger partial charge in [0.2, 0.25) is 0 Å². The minimum absolute atomic E-state index is 0.0884. The number of nitrogens with zero attached hydrogens (tertiary/aromatic N) is 1. The number of ether oxygens (including phenoxy) is 1. The maximum atomic E-state index is 11.8. The summed E-state index contributed by atoms with van der Waals surface area (Å²) >= 11 is 3.48. The molecule has 0 radical (unpaired) electrons. The Morgan fingerprint density at radius 2 is 2.18 bits per heavy atom. The first kappa shape index (κ1) is 12.6. The summed E-state index contributed by atoms with van der Waals surface area (Å²) < 4.78 is 10.9. The van der Waals surface area contributed by atoms with Crippen molar-refractivity contribution in [2.45, 2.75) is 38.5 Å². The van der Waals surface area contributed by atoms with Gasteiger partial charge in [-0.25, -0.2) is 0 Å². The molecule has 0 saturated heterocycles. The molecule has 17 heavy (non-hydrogen) atoms. The summed E-state index contributed by atoms with van der Waals surface area (Å²) in [5.74, 6) is 0.647. The first-order valence-corrected chi connectivity index (χ1v) is 6.64. The number of halogens is 1. The zero-order chi connectivity index (χ0) is 12.4. The van der Waals surface area contributed by atoms with E-state index in [0.717, 1.165) is 41.6 Å². The van der Waals surface area contributed by atoms with Crippen molar-refractivity contribution < 1.29 is 14.1 Å². The van der Waals surface area contributed by atoms with Crippen molar-refractivity contribution in [1.82, 2.24) is 5.16 Å². The molecular weight excluding hydrogens is 286 g/mol. The highest BCUT2D eigenvalue weighted by molar-refractivity contribution is 9.10. The maximum Gasteiger partial charge on any atom is 0.309 e. The van der Waals surface area contributed by atoms with E-state index in [1.807, 2.05) is 6.92 Å². The van der Waals surface area contributed by atoms with Crippen molar-refractivity contribution in [3.05, 3.63) is 15.9 Å². The molecule has 0 amide bonds. The van der Waals surface area contributed by atoms with Crippen LogP contribution in [0, 0.1) is 12.8 Å². The van der Waals surface area contributed by atoms with E-state index in [-0.39, 0.29) is 17.8 Å². The van der Waals surface area contributed by atoms with Gasteiger partial charge < -0.3 is 9.26 Å². The van der Waals surface area contributed by atoms with Crippen LogP contribution in [0.4, 0.5) is 0 Å². The summed E-state index contributed by atoms with van der Waals surface area (Å²) in [6.45, 7) is 1.86. The predicted molar refractivity (Wildman–Crippen MR) is 65.7 cm³/mol. The molecule has 1 heterocycles. The highest BCUT2D eigenvalue weighted by Crippen LogP contribution is 2.41. The molecule has 0 bridgehead atoms. The van der Waals surface area contributed by atoms with E-state index < -0.39 is 0 Å². The molecule has 1 aliphatic carbocycles. The van der Waals surface area contributed by atoms with Crippen molar-refractivity contribution >= 4 is 21.9 Å². The number of rotatable bonds is 2. The number of aromatic nitrogens is 1. The Bertz CT molecular complexity index is 416. The Balaban J connectivity index is 2.27. The second-order valence-corrected chi connectivity index (χ2v) is 5.25. The van der Waals surface area contributed by atoms with Crippen molar-refractivity contribution in [3.63, 3.8) is 0 Å². The van der Waals surface area contributed by atoms with Crippen molar-refractivity contribution in [1.29, 1.82) is 0 Å². The van der Waals surface area contributed by atoms with E-state index in [0.29, 0.717) is 0 Å². The highest BCUT2D eigenvalue weighted by Gasteiger charge is 2.36. The fraction of sp³-hybridized carbons (Fsp3) is 0.667. The third kappa shape index (κ3) is 2.39. The molecule has 0 aromatic carbocycles. The maximum absolute atomic E-state index is 11.8. The molecule has 0 N–H and O–H groups in total. The second kappa shape index (κ2) is 5.21. The van der Waals surface area contributed by atoms with Crippen molar-refractivity contribution in [2.24, 2.45) is 5.92 Å². The van der Waals surface area contributed by atoms with Crippen LogP contribution in [0.2, 0.25) is 0 Å². The molecule has 0 spiro atoms. The second-order valence-electron chi connectivity index (χ2n) is 4.46. The largest absolute Gasteiger partial charge is 0.469 e. The lowest BCUT2D eigenvalue weighted by molar-refractivity contribution is -0.147. The van der Waals surface area contributed by atoms with E-state index in [1.54, 1.807) is 0 Å². The molecule has 0 aliphatic heterocycles. The molecule has 2 atom stereocenters. The number of carbonyl (C=O) groups excluding carboxylic acids is 1. The lowest BCUT2D eigenvalue weighted by atomic mass is 9.77. The molecule has 1 aliphatic rings. The van der Waals surface area contributed by atoms with Gasteiger partial charge in [-0.2, -0.15) is 0 Å². The van der Waals surface area contributed by atoms with E-state index in [4.69, 9.17) is 9.26 Å². The van der Waals surface area contributed by atoms with Gasteiger partial charge in [0, 0.05) is 5.92 Å². The molecule has 1 aromatic rings. The van der Waals surface area contributed by atoms with E-state index in [1.165, 1.54) is 7.11 Å². The van der Waals surface area contributed by atoms with Crippen molar-refractivity contribution in [2.75, 3.05) is 7.11 Å². The Kier molecular flexibility index (Phi) is 3.86. The summed E-state index contributed by atoms with van der Waals surface area (Å²) in [4.78, 5) is 11.8. The molecule has 94 valence electrons. The zero-order valence-electron chi connectivity index (χ0n) is 10.0. The van der Waals surface area contributed by atoms with Gasteiger partial charge in [0.25, 0.3) is 0 Å². The summed E-state index contributed by atoms with van der Waals surface area (Å²) in [6, 6.07) is 0. The van der Waals surface area contributed by atoms with E-state index >= 15 is 0 Å². The Hall–Kier alpha value is -0.840. The molecule has 5 heteroatoms. The number of carbonyl (C=O) groups is 1. The quantitative estimate of drug-likeness (QED) is 0.787. The predicted octanol–water partition coefficient (Wildman–Crippen LogP) is 3.19. The fourth-order valence-electron chi connectivity index (χ4n) is 2.50. The van der Waals surface area contributed by atoms with Crippen molar-refractivity contribution in [3.8, 4) is 0 Å². The van der Waals surface area contributed by atoms with Gasteiger partial charge in [-0.15, -0.1) is 0 Å². The summed E-state index contributed by atoms with van der Waals surface area (Å²) in [7, 11) is 1.44. The van der Waals surface area contributed by atoms with Crippen LogP contribution < -0.4 is 0 Å². The first-order valence-electron chi connectivity index (χ1n) is 5.84. The lowest BCUT2D eigenvalue weighted by Gasteiger charge is -2.28. The van der Waals surface area contributed by atoms with Crippen LogP contribution in [0.5, 0.6) is 0 Å². The lowest BCUT2D eigenvalue weighted by Crippen LogP contribution is -2.27. The fourth-order valence-corrected chi connectivity index (χ4v) is 2.94. The normalized spacial score (nSPS) is 24.6. The molecular formula is C12H16BrNO3. The van der Waals surface area contributed by atoms with Gasteiger partial charge in [0.15, 0.2) is 0 Å². The van der Waals surface area contributed by atoms with Gasteiger partial charge in [-0.05, 0) is 35.7 Å².